The average Bonchev–Trinajstić information content (AvgIpc) is 3.44. The molecule has 1 N–H and O–H groups in total. The van der Waals surface area contributed by atoms with Crippen molar-refractivity contribution in [2.24, 2.45) is 5.92 Å². The third-order valence-corrected chi connectivity index (χ3v) is 6.18. The van der Waals surface area contributed by atoms with E-state index in [2.05, 4.69) is 20.5 Å². The monoisotopic (exact) mass is 458 g/mol. The van der Waals surface area contributed by atoms with E-state index in [1.54, 1.807) is 18.3 Å². The van der Waals surface area contributed by atoms with Gasteiger partial charge in [-0.05, 0) is 50.6 Å². The number of aryl methyl sites for hydroxylation is 1. The molecule has 1 aromatic carbocycles. The summed E-state index contributed by atoms with van der Waals surface area (Å²) in [5, 5.41) is 11.9. The summed E-state index contributed by atoms with van der Waals surface area (Å²) >= 11 is 7.42. The maximum absolute atomic E-state index is 13.0. The zero-order chi connectivity index (χ0) is 21.8. The maximum Gasteiger partial charge on any atom is 0.251 e. The lowest BCUT2D eigenvalue weighted by Crippen LogP contribution is -2.27. The molecule has 1 unspecified atom stereocenters. The predicted octanol–water partition coefficient (Wildman–Crippen LogP) is 4.47. The molecule has 0 bridgehead atoms. The zero-order valence-corrected chi connectivity index (χ0v) is 18.9. The molecule has 1 aliphatic rings. The lowest BCUT2D eigenvalue weighted by Gasteiger charge is -2.15. The highest BCUT2D eigenvalue weighted by Crippen LogP contribution is 2.32. The van der Waals surface area contributed by atoms with Crippen molar-refractivity contribution >= 4 is 28.8 Å². The van der Waals surface area contributed by atoms with E-state index in [0.29, 0.717) is 40.5 Å². The highest BCUT2D eigenvalue weighted by molar-refractivity contribution is 7.18. The summed E-state index contributed by atoms with van der Waals surface area (Å²) in [7, 11) is 0. The molecule has 0 saturated carbocycles. The topological polar surface area (TPSA) is 86.2 Å². The van der Waals surface area contributed by atoms with E-state index in [0.717, 1.165) is 29.3 Å². The summed E-state index contributed by atoms with van der Waals surface area (Å²) in [5.41, 5.74) is 2.78. The normalized spacial score (nSPS) is 16.8. The zero-order valence-electron chi connectivity index (χ0n) is 17.3. The van der Waals surface area contributed by atoms with Crippen LogP contribution < -0.4 is 10.1 Å². The fourth-order valence-corrected chi connectivity index (χ4v) is 4.15. The predicted molar refractivity (Wildman–Crippen MR) is 120 cm³/mol. The van der Waals surface area contributed by atoms with E-state index < -0.39 is 0 Å². The molecule has 0 radical (unpaired) electrons. The molecule has 1 fully saturated rings. The molecule has 31 heavy (non-hydrogen) atoms. The quantitative estimate of drug-likeness (QED) is 0.562. The van der Waals surface area contributed by atoms with Gasteiger partial charge in [-0.25, -0.2) is 4.98 Å². The molecule has 7 nitrogen and oxygen atoms in total. The van der Waals surface area contributed by atoms with Crippen LogP contribution >= 0.6 is 22.9 Å². The third kappa shape index (κ3) is 5.58. The minimum absolute atomic E-state index is 0.228. The minimum atomic E-state index is -0.293. The van der Waals surface area contributed by atoms with Gasteiger partial charge in [-0.15, -0.1) is 11.3 Å². The van der Waals surface area contributed by atoms with E-state index in [1.165, 1.54) is 11.3 Å². The molecule has 2 aromatic heterocycles. The Kier molecular flexibility index (Phi) is 6.80. The lowest BCUT2D eigenvalue weighted by molar-refractivity contribution is 0.0938. The van der Waals surface area contributed by atoms with E-state index in [-0.39, 0.29) is 11.9 Å². The van der Waals surface area contributed by atoms with E-state index in [9.17, 15) is 4.79 Å². The molecule has 3 heterocycles. The molecule has 2 atom stereocenters. The van der Waals surface area contributed by atoms with E-state index in [1.807, 2.05) is 32.0 Å². The number of carbonyl (C=O) groups is 1. The van der Waals surface area contributed by atoms with Crippen molar-refractivity contribution in [3.63, 3.8) is 0 Å². The van der Waals surface area contributed by atoms with Gasteiger partial charge < -0.3 is 14.8 Å². The van der Waals surface area contributed by atoms with Crippen LogP contribution in [-0.4, -0.2) is 40.9 Å². The second kappa shape index (κ2) is 9.72. The first-order valence-corrected chi connectivity index (χ1v) is 11.3. The van der Waals surface area contributed by atoms with Crippen LogP contribution in [0.25, 0.3) is 10.6 Å². The summed E-state index contributed by atoms with van der Waals surface area (Å²) in [4.78, 5) is 17.4. The summed E-state index contributed by atoms with van der Waals surface area (Å²) in [6.45, 7) is 5.75. The molecule has 1 amide bonds. The van der Waals surface area contributed by atoms with Gasteiger partial charge in [0, 0.05) is 23.7 Å². The molecule has 0 spiro atoms. The van der Waals surface area contributed by atoms with Gasteiger partial charge in [0.05, 0.1) is 36.8 Å². The van der Waals surface area contributed by atoms with E-state index >= 15 is 0 Å². The molecule has 0 aliphatic carbocycles. The van der Waals surface area contributed by atoms with Crippen LogP contribution in [-0.2, 0) is 4.74 Å². The molecular weight excluding hydrogens is 436 g/mol. The fourth-order valence-electron chi connectivity index (χ4n) is 3.25. The number of aromatic nitrogens is 3. The van der Waals surface area contributed by atoms with Crippen LogP contribution in [0.3, 0.4) is 0 Å². The largest absolute Gasteiger partial charge is 0.493 e. The first kappa shape index (κ1) is 21.7. The van der Waals surface area contributed by atoms with Gasteiger partial charge in [-0.3, -0.25) is 4.79 Å². The Morgan fingerprint density at radius 3 is 2.90 bits per heavy atom. The Morgan fingerprint density at radius 1 is 1.35 bits per heavy atom. The summed E-state index contributed by atoms with van der Waals surface area (Å²) in [5.74, 6) is 0.743. The smallest absolute Gasteiger partial charge is 0.251 e. The third-order valence-electron chi connectivity index (χ3n) is 5.01. The standard InChI is InChI=1S/C22H23ClN4O3S/c1-13-3-4-19(27-26-13)14(2)25-21(28)16-7-17(22-24-10-20(23)31-22)9-18(8-16)30-12-15-5-6-29-11-15/h3-4,7-10,14-15H,5-6,11-12H2,1-2H3,(H,25,28)/t14?,15-/m0/s1. The van der Waals surface area contributed by atoms with Crippen LogP contribution in [0.5, 0.6) is 5.75 Å². The Labute approximate surface area is 189 Å². The number of thiazole rings is 1. The van der Waals surface area contributed by atoms with Crippen LogP contribution in [0.1, 0.15) is 41.1 Å². The molecule has 1 aliphatic heterocycles. The van der Waals surface area contributed by atoms with Gasteiger partial charge in [0.15, 0.2) is 0 Å². The van der Waals surface area contributed by atoms with Crippen molar-refractivity contribution in [1.29, 1.82) is 0 Å². The van der Waals surface area contributed by atoms with Crippen molar-refractivity contribution < 1.29 is 14.3 Å². The number of carbonyl (C=O) groups excluding carboxylic acids is 1. The van der Waals surface area contributed by atoms with Crippen LogP contribution in [0.2, 0.25) is 4.34 Å². The molecule has 3 aromatic rings. The Hall–Kier alpha value is -2.55. The number of nitrogens with zero attached hydrogens (tertiary/aromatic N) is 3. The van der Waals surface area contributed by atoms with Crippen LogP contribution in [0.4, 0.5) is 0 Å². The lowest BCUT2D eigenvalue weighted by atomic mass is 10.1. The van der Waals surface area contributed by atoms with Gasteiger partial charge in [0.25, 0.3) is 5.91 Å². The van der Waals surface area contributed by atoms with Gasteiger partial charge >= 0.3 is 0 Å². The second-order valence-electron chi connectivity index (χ2n) is 7.55. The van der Waals surface area contributed by atoms with Gasteiger partial charge in [-0.1, -0.05) is 11.6 Å². The van der Waals surface area contributed by atoms with Crippen molar-refractivity contribution in [2.75, 3.05) is 19.8 Å². The van der Waals surface area contributed by atoms with E-state index in [4.69, 9.17) is 21.1 Å². The highest BCUT2D eigenvalue weighted by atomic mass is 35.5. The van der Waals surface area contributed by atoms with Crippen molar-refractivity contribution in [2.45, 2.75) is 26.3 Å². The summed E-state index contributed by atoms with van der Waals surface area (Å²) in [6.07, 6.45) is 2.58. The highest BCUT2D eigenvalue weighted by Gasteiger charge is 2.19. The van der Waals surface area contributed by atoms with Gasteiger partial charge in [0.1, 0.15) is 15.1 Å². The number of amides is 1. The van der Waals surface area contributed by atoms with Crippen LogP contribution in [0, 0.1) is 12.8 Å². The number of ether oxygens (including phenoxy) is 2. The first-order chi connectivity index (χ1) is 15.0. The second-order valence-corrected chi connectivity index (χ2v) is 9.21. The molecule has 9 heteroatoms. The molecule has 162 valence electrons. The van der Waals surface area contributed by atoms with Gasteiger partial charge in [-0.2, -0.15) is 10.2 Å². The number of hydrogen-bond donors (Lipinski definition) is 1. The maximum atomic E-state index is 13.0. The first-order valence-electron chi connectivity index (χ1n) is 10.1. The SMILES string of the molecule is Cc1ccc(C(C)NC(=O)c2cc(OC[C@H]3CCOC3)cc(-c3ncc(Cl)s3)c2)nn1. The summed E-state index contributed by atoms with van der Waals surface area (Å²) in [6, 6.07) is 8.87. The average molecular weight is 459 g/mol. The Balaban J connectivity index is 1.56. The number of halogens is 1. The number of nitrogens with one attached hydrogen (secondary N) is 1. The van der Waals surface area contributed by atoms with Crippen molar-refractivity contribution in [3.05, 3.63) is 57.8 Å². The number of hydrogen-bond acceptors (Lipinski definition) is 7. The number of rotatable bonds is 7. The minimum Gasteiger partial charge on any atom is -0.493 e. The number of benzene rings is 1. The Bertz CT molecular complexity index is 1050. The molecular formula is C22H23ClN4O3S. The van der Waals surface area contributed by atoms with Crippen molar-refractivity contribution in [1.82, 2.24) is 20.5 Å². The molecule has 1 saturated heterocycles. The van der Waals surface area contributed by atoms with Crippen molar-refractivity contribution in [3.8, 4) is 16.3 Å². The van der Waals surface area contributed by atoms with Gasteiger partial charge in [0.2, 0.25) is 0 Å². The fraction of sp³-hybridized carbons (Fsp3) is 0.364. The molecule has 4 rings (SSSR count). The van der Waals surface area contributed by atoms with Crippen LogP contribution in [0.15, 0.2) is 36.5 Å². The summed E-state index contributed by atoms with van der Waals surface area (Å²) < 4.78 is 12.0. The Morgan fingerprint density at radius 2 is 2.23 bits per heavy atom.